The maximum absolute atomic E-state index is 12.8. The Morgan fingerprint density at radius 1 is 1.15 bits per heavy atom. The predicted molar refractivity (Wildman–Crippen MR) is 87.7 cm³/mol. The molecular weight excluding hydrogens is 369 g/mol. The van der Waals surface area contributed by atoms with Crippen LogP contribution in [0.4, 0.5) is 13.2 Å². The van der Waals surface area contributed by atoms with Gasteiger partial charge in [0.1, 0.15) is 0 Å². The Bertz CT molecular complexity index is 991. The lowest BCUT2D eigenvalue weighted by molar-refractivity contribution is -0.141. The summed E-state index contributed by atoms with van der Waals surface area (Å²) in [4.78, 5) is 4.25. The summed E-state index contributed by atoms with van der Waals surface area (Å²) < 4.78 is 44.6. The zero-order valence-corrected chi connectivity index (χ0v) is 14.0. The fourth-order valence-corrected chi connectivity index (χ4v) is 2.31. The van der Waals surface area contributed by atoms with Gasteiger partial charge in [-0.25, -0.2) is 9.67 Å². The number of nitriles is 1. The fourth-order valence-electron chi connectivity index (χ4n) is 2.18. The van der Waals surface area contributed by atoms with Gasteiger partial charge in [0.2, 0.25) is 11.8 Å². The van der Waals surface area contributed by atoms with Gasteiger partial charge in [-0.2, -0.15) is 23.5 Å². The minimum Gasteiger partial charge on any atom is -0.421 e. The van der Waals surface area contributed by atoms with Crippen molar-refractivity contribution < 1.29 is 17.9 Å². The Morgan fingerprint density at radius 2 is 1.85 bits per heavy atom. The van der Waals surface area contributed by atoms with Crippen LogP contribution in [0.2, 0.25) is 5.02 Å². The van der Waals surface area contributed by atoms with Crippen molar-refractivity contribution in [2.24, 2.45) is 7.05 Å². The van der Waals surface area contributed by atoms with Crippen LogP contribution in [0.5, 0.6) is 11.8 Å². The molecule has 0 spiro atoms. The molecule has 0 aliphatic carbocycles. The lowest BCUT2D eigenvalue weighted by atomic mass is 10.1. The fraction of sp³-hybridized carbons (Fsp3) is 0.118. The minimum absolute atomic E-state index is 0.0225. The van der Waals surface area contributed by atoms with Gasteiger partial charge in [0.25, 0.3) is 0 Å². The summed E-state index contributed by atoms with van der Waals surface area (Å²) in [6, 6.07) is 12.4. The average Bonchev–Trinajstić information content (AvgIpc) is 2.96. The zero-order chi connectivity index (χ0) is 18.9. The molecule has 0 N–H and O–H groups in total. The molecule has 5 nitrogen and oxygen atoms in total. The van der Waals surface area contributed by atoms with Crippen LogP contribution in [0, 0.1) is 11.3 Å². The number of alkyl halides is 3. The van der Waals surface area contributed by atoms with Gasteiger partial charge in [-0.05, 0) is 18.2 Å². The number of hydrogen-bond donors (Lipinski definition) is 0. The SMILES string of the molecule is Cn1nc(C(F)(F)F)cc1Oc1cc(C#N)cc(-c2ccc(Cl)cc2)n1. The van der Waals surface area contributed by atoms with E-state index in [4.69, 9.17) is 16.3 Å². The number of nitrogens with zero attached hydrogens (tertiary/aromatic N) is 4. The molecule has 0 saturated carbocycles. The standard InChI is InChI=1S/C17H10ClF3N4O/c1-25-16(8-14(24-25)17(19,20)21)26-15-7-10(9-22)6-13(23-15)11-2-4-12(18)5-3-11/h2-8H,1H3. The highest BCUT2D eigenvalue weighted by atomic mass is 35.5. The summed E-state index contributed by atoms with van der Waals surface area (Å²) in [5.74, 6) is -0.173. The first-order chi connectivity index (χ1) is 12.3. The molecule has 0 unspecified atom stereocenters. The van der Waals surface area contributed by atoms with Crippen molar-refractivity contribution in [1.82, 2.24) is 14.8 Å². The highest BCUT2D eigenvalue weighted by Gasteiger charge is 2.35. The highest BCUT2D eigenvalue weighted by Crippen LogP contribution is 2.32. The Morgan fingerprint density at radius 3 is 2.42 bits per heavy atom. The van der Waals surface area contributed by atoms with Crippen LogP contribution in [0.25, 0.3) is 11.3 Å². The third-order valence-electron chi connectivity index (χ3n) is 3.41. The molecule has 9 heteroatoms. The molecule has 1 aromatic carbocycles. The molecule has 0 saturated heterocycles. The van der Waals surface area contributed by atoms with E-state index in [1.807, 2.05) is 6.07 Å². The Hall–Kier alpha value is -3.05. The third kappa shape index (κ3) is 3.78. The first-order valence-electron chi connectivity index (χ1n) is 7.23. The maximum atomic E-state index is 12.8. The van der Waals surface area contributed by atoms with E-state index in [0.717, 1.165) is 10.7 Å². The van der Waals surface area contributed by atoms with Crippen molar-refractivity contribution in [3.8, 4) is 29.1 Å². The zero-order valence-electron chi connectivity index (χ0n) is 13.3. The average molecular weight is 379 g/mol. The monoisotopic (exact) mass is 378 g/mol. The molecule has 0 amide bonds. The van der Waals surface area contributed by atoms with Crippen LogP contribution in [0.15, 0.2) is 42.5 Å². The van der Waals surface area contributed by atoms with Crippen LogP contribution in [-0.2, 0) is 13.2 Å². The maximum Gasteiger partial charge on any atom is 0.435 e. The van der Waals surface area contributed by atoms with E-state index in [0.29, 0.717) is 16.3 Å². The summed E-state index contributed by atoms with van der Waals surface area (Å²) in [6.07, 6.45) is -4.59. The summed E-state index contributed by atoms with van der Waals surface area (Å²) >= 11 is 5.85. The van der Waals surface area contributed by atoms with Gasteiger partial charge in [-0.3, -0.25) is 0 Å². The van der Waals surface area contributed by atoms with Crippen molar-refractivity contribution in [1.29, 1.82) is 5.26 Å². The second-order valence-corrected chi connectivity index (χ2v) is 5.73. The summed E-state index contributed by atoms with van der Waals surface area (Å²) in [7, 11) is 1.32. The molecule has 0 atom stereocenters. The molecule has 0 radical (unpaired) electrons. The summed E-state index contributed by atoms with van der Waals surface area (Å²) in [5, 5.41) is 13.1. The number of ether oxygens (including phenoxy) is 1. The highest BCUT2D eigenvalue weighted by molar-refractivity contribution is 6.30. The molecule has 0 bridgehead atoms. The van der Waals surface area contributed by atoms with E-state index in [2.05, 4.69) is 10.1 Å². The number of benzene rings is 1. The van der Waals surface area contributed by atoms with Crippen LogP contribution in [0.3, 0.4) is 0 Å². The Labute approximate surface area is 151 Å². The van der Waals surface area contributed by atoms with Gasteiger partial charge < -0.3 is 4.74 Å². The lowest BCUT2D eigenvalue weighted by Gasteiger charge is -2.08. The molecule has 2 heterocycles. The molecule has 3 rings (SSSR count). The minimum atomic E-state index is -4.59. The van der Waals surface area contributed by atoms with Crippen molar-refractivity contribution >= 4 is 11.6 Å². The van der Waals surface area contributed by atoms with Crippen molar-refractivity contribution in [2.75, 3.05) is 0 Å². The molecule has 3 aromatic rings. The number of rotatable bonds is 3. The Kier molecular flexibility index (Phi) is 4.57. The van der Waals surface area contributed by atoms with Gasteiger partial charge >= 0.3 is 6.18 Å². The number of hydrogen-bond acceptors (Lipinski definition) is 4. The summed E-state index contributed by atoms with van der Waals surface area (Å²) in [6.45, 7) is 0. The van der Waals surface area contributed by atoms with Crippen LogP contribution in [-0.4, -0.2) is 14.8 Å². The molecule has 26 heavy (non-hydrogen) atoms. The van der Waals surface area contributed by atoms with Gasteiger partial charge in [0.05, 0.1) is 17.3 Å². The Balaban J connectivity index is 1.98. The van der Waals surface area contributed by atoms with E-state index < -0.39 is 11.9 Å². The van der Waals surface area contributed by atoms with Gasteiger partial charge in [0.15, 0.2) is 5.69 Å². The van der Waals surface area contributed by atoms with Crippen LogP contribution >= 0.6 is 11.6 Å². The van der Waals surface area contributed by atoms with E-state index in [9.17, 15) is 18.4 Å². The number of pyridine rings is 1. The normalized spacial score (nSPS) is 11.2. The predicted octanol–water partition coefficient (Wildman–Crippen LogP) is 4.82. The van der Waals surface area contributed by atoms with Crippen molar-refractivity contribution in [2.45, 2.75) is 6.18 Å². The van der Waals surface area contributed by atoms with Crippen molar-refractivity contribution in [3.05, 3.63) is 58.7 Å². The van der Waals surface area contributed by atoms with E-state index in [-0.39, 0.29) is 17.3 Å². The first kappa shape index (κ1) is 17.8. The van der Waals surface area contributed by atoms with Crippen LogP contribution in [0.1, 0.15) is 11.3 Å². The topological polar surface area (TPSA) is 63.7 Å². The van der Waals surface area contributed by atoms with Gasteiger partial charge in [-0.15, -0.1) is 0 Å². The smallest absolute Gasteiger partial charge is 0.421 e. The second-order valence-electron chi connectivity index (χ2n) is 5.29. The van der Waals surface area contributed by atoms with E-state index >= 15 is 0 Å². The van der Waals surface area contributed by atoms with E-state index in [1.54, 1.807) is 30.3 Å². The van der Waals surface area contributed by atoms with E-state index in [1.165, 1.54) is 13.1 Å². The molecular formula is C17H10ClF3N4O. The summed E-state index contributed by atoms with van der Waals surface area (Å²) in [5.41, 5.74) is 0.272. The van der Waals surface area contributed by atoms with Crippen LogP contribution < -0.4 is 4.74 Å². The van der Waals surface area contributed by atoms with Crippen molar-refractivity contribution in [3.63, 3.8) is 0 Å². The second kappa shape index (κ2) is 6.69. The molecule has 2 aromatic heterocycles. The van der Waals surface area contributed by atoms with Gasteiger partial charge in [-0.1, -0.05) is 23.7 Å². The number of aryl methyl sites for hydroxylation is 1. The number of halogens is 4. The largest absolute Gasteiger partial charge is 0.435 e. The first-order valence-corrected chi connectivity index (χ1v) is 7.61. The molecule has 0 aliphatic heterocycles. The quantitative estimate of drug-likeness (QED) is 0.655. The lowest BCUT2D eigenvalue weighted by Crippen LogP contribution is -2.06. The molecule has 0 fully saturated rings. The molecule has 132 valence electrons. The third-order valence-corrected chi connectivity index (χ3v) is 3.66. The van der Waals surface area contributed by atoms with Gasteiger partial charge in [0, 0.05) is 29.8 Å². The molecule has 0 aliphatic rings. The number of aromatic nitrogens is 3.